The number of hydrogen-bond acceptors (Lipinski definition) is 4. The predicted octanol–water partition coefficient (Wildman–Crippen LogP) is 3.62. The lowest BCUT2D eigenvalue weighted by molar-refractivity contribution is -0.137. The van der Waals surface area contributed by atoms with E-state index >= 15 is 0 Å². The molecule has 3 nitrogen and oxygen atoms in total. The van der Waals surface area contributed by atoms with E-state index in [2.05, 4.69) is 10.3 Å². The molecule has 1 heterocycles. The predicted molar refractivity (Wildman–Crippen MR) is 71.0 cm³/mol. The molecule has 0 fully saturated rings. The summed E-state index contributed by atoms with van der Waals surface area (Å²) >= 11 is 0.474. The molecule has 0 aliphatic carbocycles. The van der Waals surface area contributed by atoms with Gasteiger partial charge in [-0.1, -0.05) is 6.07 Å². The minimum atomic E-state index is -4.51. The first kappa shape index (κ1) is 15.7. The van der Waals surface area contributed by atoms with Gasteiger partial charge in [-0.15, -0.1) is 11.3 Å². The molecule has 2 aromatic rings. The van der Waals surface area contributed by atoms with Gasteiger partial charge in [0.25, 0.3) is 0 Å². The highest BCUT2D eigenvalue weighted by Gasteiger charge is 2.35. The molecule has 2 rings (SSSR count). The maximum absolute atomic E-state index is 14.0. The molecule has 0 saturated carbocycles. The number of alkyl halides is 3. The molecular formula is C13H12F4N2OS. The van der Waals surface area contributed by atoms with Gasteiger partial charge in [0.15, 0.2) is 5.01 Å². The first-order valence-electron chi connectivity index (χ1n) is 5.91. The van der Waals surface area contributed by atoms with Gasteiger partial charge in [-0.25, -0.2) is 9.37 Å². The molecule has 0 aliphatic heterocycles. The lowest BCUT2D eigenvalue weighted by atomic mass is 10.0. The molecule has 1 atom stereocenters. The third-order valence-corrected chi connectivity index (χ3v) is 3.97. The summed E-state index contributed by atoms with van der Waals surface area (Å²) in [4.78, 5) is 3.61. The lowest BCUT2D eigenvalue weighted by Crippen LogP contribution is -2.18. The monoisotopic (exact) mass is 320 g/mol. The fraction of sp³-hybridized carbons (Fsp3) is 0.308. The summed E-state index contributed by atoms with van der Waals surface area (Å²) in [6.07, 6.45) is -3.42. The van der Waals surface area contributed by atoms with E-state index in [1.807, 2.05) is 0 Å². The molecule has 1 unspecified atom stereocenters. The van der Waals surface area contributed by atoms with Crippen molar-refractivity contribution in [3.63, 3.8) is 0 Å². The van der Waals surface area contributed by atoms with E-state index in [1.165, 1.54) is 26.3 Å². The van der Waals surface area contributed by atoms with Gasteiger partial charge in [0.05, 0.1) is 18.7 Å². The average Bonchev–Trinajstić information content (AvgIpc) is 2.91. The SMILES string of the molecule is CNC(c1cnc(C(F)(F)F)s1)c1c(F)cccc1OC. The second kappa shape index (κ2) is 5.98. The molecule has 114 valence electrons. The highest BCUT2D eigenvalue weighted by molar-refractivity contribution is 7.11. The number of benzene rings is 1. The fourth-order valence-corrected chi connectivity index (χ4v) is 2.86. The number of methoxy groups -OCH3 is 1. The van der Waals surface area contributed by atoms with Crippen molar-refractivity contribution in [2.75, 3.05) is 14.2 Å². The largest absolute Gasteiger partial charge is 0.496 e. The molecule has 0 spiro atoms. The summed E-state index contributed by atoms with van der Waals surface area (Å²) in [6.45, 7) is 0. The van der Waals surface area contributed by atoms with E-state index in [1.54, 1.807) is 6.07 Å². The van der Waals surface area contributed by atoms with Crippen molar-refractivity contribution in [1.82, 2.24) is 10.3 Å². The van der Waals surface area contributed by atoms with Crippen molar-refractivity contribution >= 4 is 11.3 Å². The van der Waals surface area contributed by atoms with Gasteiger partial charge in [-0.2, -0.15) is 13.2 Å². The second-order valence-electron chi connectivity index (χ2n) is 4.14. The number of ether oxygens (including phenoxy) is 1. The van der Waals surface area contributed by atoms with Crippen molar-refractivity contribution in [2.24, 2.45) is 0 Å². The fourth-order valence-electron chi connectivity index (χ4n) is 1.96. The number of halogens is 4. The Kier molecular flexibility index (Phi) is 4.48. The molecule has 1 aromatic heterocycles. The van der Waals surface area contributed by atoms with E-state index in [0.717, 1.165) is 6.20 Å². The van der Waals surface area contributed by atoms with Gasteiger partial charge < -0.3 is 10.1 Å². The quantitative estimate of drug-likeness (QED) is 0.874. The molecule has 0 saturated heterocycles. The third kappa shape index (κ3) is 3.16. The van der Waals surface area contributed by atoms with Crippen LogP contribution in [0, 0.1) is 5.82 Å². The van der Waals surface area contributed by atoms with E-state index < -0.39 is 23.0 Å². The summed E-state index contributed by atoms with van der Waals surface area (Å²) in [5.74, 6) is -0.299. The Labute approximate surface area is 122 Å². The van der Waals surface area contributed by atoms with Crippen molar-refractivity contribution in [2.45, 2.75) is 12.2 Å². The maximum Gasteiger partial charge on any atom is 0.443 e. The number of rotatable bonds is 4. The number of thiazole rings is 1. The third-order valence-electron chi connectivity index (χ3n) is 2.86. The lowest BCUT2D eigenvalue weighted by Gasteiger charge is -2.18. The Morgan fingerprint density at radius 2 is 2.05 bits per heavy atom. The molecule has 1 aromatic carbocycles. The van der Waals surface area contributed by atoms with Crippen LogP contribution in [0.4, 0.5) is 17.6 Å². The zero-order valence-corrected chi connectivity index (χ0v) is 12.0. The zero-order chi connectivity index (χ0) is 15.6. The smallest absolute Gasteiger partial charge is 0.443 e. The van der Waals surface area contributed by atoms with Gasteiger partial charge in [0.1, 0.15) is 11.6 Å². The Balaban J connectivity index is 2.48. The van der Waals surface area contributed by atoms with Crippen LogP contribution in [-0.4, -0.2) is 19.1 Å². The van der Waals surface area contributed by atoms with Crippen LogP contribution in [0.2, 0.25) is 0 Å². The molecule has 21 heavy (non-hydrogen) atoms. The molecule has 8 heteroatoms. The number of aromatic nitrogens is 1. The Morgan fingerprint density at radius 1 is 1.33 bits per heavy atom. The number of nitrogens with one attached hydrogen (secondary N) is 1. The summed E-state index contributed by atoms with van der Waals surface area (Å²) in [5.41, 5.74) is 0.153. The topological polar surface area (TPSA) is 34.2 Å². The molecular weight excluding hydrogens is 308 g/mol. The molecule has 1 N–H and O–H groups in total. The summed E-state index contributed by atoms with van der Waals surface area (Å²) in [6, 6.07) is 3.48. The van der Waals surface area contributed by atoms with Gasteiger partial charge in [-0.3, -0.25) is 0 Å². The van der Waals surface area contributed by atoms with Crippen molar-refractivity contribution in [3.05, 3.63) is 45.7 Å². The van der Waals surface area contributed by atoms with Gasteiger partial charge >= 0.3 is 6.18 Å². The first-order valence-corrected chi connectivity index (χ1v) is 6.72. The minimum absolute atomic E-state index is 0.153. The maximum atomic E-state index is 14.0. The van der Waals surface area contributed by atoms with Crippen LogP contribution < -0.4 is 10.1 Å². The summed E-state index contributed by atoms with van der Waals surface area (Å²) in [5, 5.41) is 1.83. The van der Waals surface area contributed by atoms with Crippen LogP contribution in [-0.2, 0) is 6.18 Å². The highest BCUT2D eigenvalue weighted by atomic mass is 32.1. The number of nitrogens with zero attached hydrogens (tertiary/aromatic N) is 1. The molecule has 0 amide bonds. The molecule has 0 radical (unpaired) electrons. The molecule has 0 aliphatic rings. The standard InChI is InChI=1S/C13H12F4N2OS/c1-18-11(9-6-19-12(21-9)13(15,16)17)10-7(14)4-3-5-8(10)20-2/h3-6,11,18H,1-2H3. The van der Waals surface area contributed by atoms with Crippen molar-refractivity contribution in [1.29, 1.82) is 0 Å². The van der Waals surface area contributed by atoms with Crippen molar-refractivity contribution in [3.8, 4) is 5.75 Å². The van der Waals surface area contributed by atoms with E-state index in [4.69, 9.17) is 4.74 Å². The van der Waals surface area contributed by atoms with E-state index in [0.29, 0.717) is 11.3 Å². The zero-order valence-electron chi connectivity index (χ0n) is 11.2. The van der Waals surface area contributed by atoms with Crippen molar-refractivity contribution < 1.29 is 22.3 Å². The summed E-state index contributed by atoms with van der Waals surface area (Å²) in [7, 11) is 2.91. The van der Waals surface area contributed by atoms with Crippen LogP contribution in [0.15, 0.2) is 24.4 Å². The minimum Gasteiger partial charge on any atom is -0.496 e. The van der Waals surface area contributed by atoms with E-state index in [9.17, 15) is 17.6 Å². The van der Waals surface area contributed by atoms with Crippen LogP contribution in [0.5, 0.6) is 5.75 Å². The Hall–Kier alpha value is -1.67. The van der Waals surface area contributed by atoms with Crippen LogP contribution >= 0.6 is 11.3 Å². The molecule has 0 bridgehead atoms. The second-order valence-corrected chi connectivity index (χ2v) is 5.21. The van der Waals surface area contributed by atoms with Crippen LogP contribution in [0.25, 0.3) is 0 Å². The van der Waals surface area contributed by atoms with E-state index in [-0.39, 0.29) is 16.2 Å². The van der Waals surface area contributed by atoms with Gasteiger partial charge in [0, 0.05) is 11.1 Å². The van der Waals surface area contributed by atoms with Crippen LogP contribution in [0.1, 0.15) is 21.5 Å². The average molecular weight is 320 g/mol. The normalized spacial score (nSPS) is 13.2. The van der Waals surface area contributed by atoms with Gasteiger partial charge in [0.2, 0.25) is 0 Å². The first-order chi connectivity index (χ1) is 9.88. The van der Waals surface area contributed by atoms with Gasteiger partial charge in [-0.05, 0) is 19.2 Å². The van der Waals surface area contributed by atoms with Crippen LogP contribution in [0.3, 0.4) is 0 Å². The Morgan fingerprint density at radius 3 is 2.57 bits per heavy atom. The summed E-state index contributed by atoms with van der Waals surface area (Å²) < 4.78 is 57.0. The Bertz CT molecular complexity index is 627. The number of hydrogen-bond donors (Lipinski definition) is 1. The highest BCUT2D eigenvalue weighted by Crippen LogP contribution is 2.38.